The summed E-state index contributed by atoms with van der Waals surface area (Å²) >= 11 is 0. The molecule has 1 atom stereocenters. The SMILES string of the molecule is CCC(CCNC(=O)OC(C)(C)C)CC(=O)c1ccccc1. The number of alkyl carbamates (subject to hydrolysis) is 1. The second-order valence-corrected chi connectivity index (χ2v) is 6.48. The molecule has 0 aliphatic rings. The molecule has 1 aromatic carbocycles. The van der Waals surface area contributed by atoms with E-state index in [1.165, 1.54) is 0 Å². The Bertz CT molecular complexity index is 477. The summed E-state index contributed by atoms with van der Waals surface area (Å²) in [6.45, 7) is 8.09. The molecule has 0 bridgehead atoms. The normalized spacial score (nSPS) is 12.5. The van der Waals surface area contributed by atoms with Gasteiger partial charge in [0.2, 0.25) is 0 Å². The molecule has 4 heteroatoms. The summed E-state index contributed by atoms with van der Waals surface area (Å²) in [6.07, 6.45) is 1.79. The third kappa shape index (κ3) is 7.25. The standard InChI is InChI=1S/C18H27NO3/c1-5-14(11-12-19-17(21)22-18(2,3)4)13-16(20)15-9-7-6-8-10-15/h6-10,14H,5,11-13H2,1-4H3,(H,19,21). The Balaban J connectivity index is 2.37. The Morgan fingerprint density at radius 2 is 1.82 bits per heavy atom. The van der Waals surface area contributed by atoms with Gasteiger partial charge in [-0.2, -0.15) is 0 Å². The van der Waals surface area contributed by atoms with Crippen LogP contribution < -0.4 is 5.32 Å². The average Bonchev–Trinajstić information content (AvgIpc) is 2.45. The summed E-state index contributed by atoms with van der Waals surface area (Å²) in [7, 11) is 0. The van der Waals surface area contributed by atoms with Crippen molar-refractivity contribution in [3.05, 3.63) is 35.9 Å². The summed E-state index contributed by atoms with van der Waals surface area (Å²) in [5, 5.41) is 2.74. The van der Waals surface area contributed by atoms with Crippen LogP contribution in [-0.2, 0) is 4.74 Å². The zero-order chi connectivity index (χ0) is 16.6. The quantitative estimate of drug-likeness (QED) is 0.768. The van der Waals surface area contributed by atoms with Gasteiger partial charge in [-0.25, -0.2) is 4.79 Å². The fourth-order valence-electron chi connectivity index (χ4n) is 2.15. The van der Waals surface area contributed by atoms with E-state index in [1.54, 1.807) is 0 Å². The number of hydrogen-bond acceptors (Lipinski definition) is 3. The number of rotatable bonds is 7. The molecule has 22 heavy (non-hydrogen) atoms. The highest BCUT2D eigenvalue weighted by molar-refractivity contribution is 5.96. The van der Waals surface area contributed by atoms with Crippen molar-refractivity contribution < 1.29 is 14.3 Å². The summed E-state index contributed by atoms with van der Waals surface area (Å²) in [4.78, 5) is 23.8. The average molecular weight is 305 g/mol. The molecule has 0 aromatic heterocycles. The van der Waals surface area contributed by atoms with E-state index in [9.17, 15) is 9.59 Å². The molecule has 1 aromatic rings. The predicted octanol–water partition coefficient (Wildman–Crippen LogP) is 4.20. The van der Waals surface area contributed by atoms with Gasteiger partial charge in [0.1, 0.15) is 5.60 Å². The maximum Gasteiger partial charge on any atom is 0.407 e. The smallest absolute Gasteiger partial charge is 0.407 e. The first-order valence-corrected chi connectivity index (χ1v) is 7.87. The minimum absolute atomic E-state index is 0.157. The van der Waals surface area contributed by atoms with Crippen molar-refractivity contribution in [2.75, 3.05) is 6.54 Å². The summed E-state index contributed by atoms with van der Waals surface area (Å²) in [6, 6.07) is 9.33. The molecule has 122 valence electrons. The Hall–Kier alpha value is -1.84. The van der Waals surface area contributed by atoms with Crippen LogP contribution in [0, 0.1) is 5.92 Å². The lowest BCUT2D eigenvalue weighted by molar-refractivity contribution is 0.0525. The highest BCUT2D eigenvalue weighted by atomic mass is 16.6. The maximum atomic E-state index is 12.2. The van der Waals surface area contributed by atoms with Crippen LogP contribution in [0.4, 0.5) is 4.79 Å². The first kappa shape index (κ1) is 18.2. The van der Waals surface area contributed by atoms with Crippen LogP contribution in [0.2, 0.25) is 0 Å². The van der Waals surface area contributed by atoms with Crippen molar-refractivity contribution in [1.29, 1.82) is 0 Å². The van der Waals surface area contributed by atoms with Gasteiger partial charge < -0.3 is 10.1 Å². The third-order valence-corrected chi connectivity index (χ3v) is 3.37. The van der Waals surface area contributed by atoms with Gasteiger partial charge in [0.25, 0.3) is 0 Å². The van der Waals surface area contributed by atoms with Crippen molar-refractivity contribution in [2.24, 2.45) is 5.92 Å². The number of nitrogens with one attached hydrogen (secondary N) is 1. The predicted molar refractivity (Wildman–Crippen MR) is 88.0 cm³/mol. The van der Waals surface area contributed by atoms with Crippen molar-refractivity contribution in [2.45, 2.75) is 52.6 Å². The number of hydrogen-bond donors (Lipinski definition) is 1. The minimum Gasteiger partial charge on any atom is -0.444 e. The topological polar surface area (TPSA) is 55.4 Å². The van der Waals surface area contributed by atoms with Gasteiger partial charge >= 0.3 is 6.09 Å². The van der Waals surface area contributed by atoms with Crippen molar-refractivity contribution in [1.82, 2.24) is 5.32 Å². The van der Waals surface area contributed by atoms with E-state index >= 15 is 0 Å². The van der Waals surface area contributed by atoms with Gasteiger partial charge in [-0.15, -0.1) is 0 Å². The van der Waals surface area contributed by atoms with Crippen LogP contribution in [0.25, 0.3) is 0 Å². The molecule has 0 heterocycles. The van der Waals surface area contributed by atoms with Crippen LogP contribution in [0.5, 0.6) is 0 Å². The minimum atomic E-state index is -0.489. The second-order valence-electron chi connectivity index (χ2n) is 6.48. The van der Waals surface area contributed by atoms with E-state index in [4.69, 9.17) is 4.74 Å². The molecule has 0 aliphatic carbocycles. The van der Waals surface area contributed by atoms with E-state index < -0.39 is 11.7 Å². The summed E-state index contributed by atoms with van der Waals surface area (Å²) in [5.74, 6) is 0.423. The van der Waals surface area contributed by atoms with E-state index in [-0.39, 0.29) is 11.7 Å². The number of ketones is 1. The van der Waals surface area contributed by atoms with E-state index in [0.29, 0.717) is 13.0 Å². The van der Waals surface area contributed by atoms with Gasteiger partial charge in [-0.3, -0.25) is 4.79 Å². The molecule has 0 radical (unpaired) electrons. The zero-order valence-electron chi connectivity index (χ0n) is 14.0. The molecule has 0 saturated heterocycles. The first-order chi connectivity index (χ1) is 10.3. The zero-order valence-corrected chi connectivity index (χ0v) is 14.0. The largest absolute Gasteiger partial charge is 0.444 e. The number of ether oxygens (including phenoxy) is 1. The van der Waals surface area contributed by atoms with E-state index in [1.807, 2.05) is 51.1 Å². The highest BCUT2D eigenvalue weighted by Crippen LogP contribution is 2.16. The Kier molecular flexibility index (Phi) is 7.09. The molecule has 1 unspecified atom stereocenters. The first-order valence-electron chi connectivity index (χ1n) is 7.87. The molecule has 1 amide bonds. The van der Waals surface area contributed by atoms with Crippen LogP contribution in [0.15, 0.2) is 30.3 Å². The van der Waals surface area contributed by atoms with Gasteiger partial charge in [-0.1, -0.05) is 43.7 Å². The van der Waals surface area contributed by atoms with Crippen LogP contribution in [-0.4, -0.2) is 24.0 Å². The number of carbonyl (C=O) groups is 2. The number of benzene rings is 1. The Labute approximate surface area is 133 Å². The van der Waals surface area contributed by atoms with Crippen LogP contribution in [0.1, 0.15) is 57.3 Å². The molecular weight excluding hydrogens is 278 g/mol. The molecule has 1 rings (SSSR count). The molecule has 1 N–H and O–H groups in total. The van der Waals surface area contributed by atoms with E-state index in [0.717, 1.165) is 18.4 Å². The molecule has 0 saturated carbocycles. The number of Topliss-reactive ketones (excluding diaryl/α,β-unsaturated/α-hetero) is 1. The number of amides is 1. The summed E-state index contributed by atoms with van der Waals surface area (Å²) < 4.78 is 5.19. The molecule has 0 aliphatic heterocycles. The second kappa shape index (κ2) is 8.57. The Morgan fingerprint density at radius 3 is 2.36 bits per heavy atom. The molecule has 0 spiro atoms. The van der Waals surface area contributed by atoms with Gasteiger partial charge in [0, 0.05) is 18.5 Å². The van der Waals surface area contributed by atoms with Crippen molar-refractivity contribution >= 4 is 11.9 Å². The molecule has 4 nitrogen and oxygen atoms in total. The molecular formula is C18H27NO3. The van der Waals surface area contributed by atoms with E-state index in [2.05, 4.69) is 12.2 Å². The summed E-state index contributed by atoms with van der Waals surface area (Å²) in [5.41, 5.74) is 0.262. The highest BCUT2D eigenvalue weighted by Gasteiger charge is 2.17. The van der Waals surface area contributed by atoms with Gasteiger partial charge in [0.15, 0.2) is 5.78 Å². The van der Waals surface area contributed by atoms with Crippen LogP contribution >= 0.6 is 0 Å². The molecule has 0 fully saturated rings. The Morgan fingerprint density at radius 1 is 1.18 bits per heavy atom. The van der Waals surface area contributed by atoms with Gasteiger partial charge in [0.05, 0.1) is 0 Å². The lowest BCUT2D eigenvalue weighted by Gasteiger charge is -2.20. The fourth-order valence-corrected chi connectivity index (χ4v) is 2.15. The van der Waals surface area contributed by atoms with Crippen molar-refractivity contribution in [3.8, 4) is 0 Å². The lowest BCUT2D eigenvalue weighted by atomic mass is 9.93. The lowest BCUT2D eigenvalue weighted by Crippen LogP contribution is -2.33. The van der Waals surface area contributed by atoms with Gasteiger partial charge in [-0.05, 0) is 33.1 Å². The van der Waals surface area contributed by atoms with Crippen molar-refractivity contribution in [3.63, 3.8) is 0 Å². The number of carbonyl (C=O) groups excluding carboxylic acids is 2. The van der Waals surface area contributed by atoms with Crippen LogP contribution in [0.3, 0.4) is 0 Å². The fraction of sp³-hybridized carbons (Fsp3) is 0.556. The monoisotopic (exact) mass is 305 g/mol. The third-order valence-electron chi connectivity index (χ3n) is 3.37. The maximum absolute atomic E-state index is 12.2.